The van der Waals surface area contributed by atoms with E-state index in [9.17, 15) is 4.39 Å². The second kappa shape index (κ2) is 6.43. The van der Waals surface area contributed by atoms with Gasteiger partial charge in [0.2, 0.25) is 0 Å². The normalized spacial score (nSPS) is 10.8. The molecular formula is C15H19FN4. The van der Waals surface area contributed by atoms with Gasteiger partial charge >= 0.3 is 0 Å². The van der Waals surface area contributed by atoms with Crippen LogP contribution in [0.15, 0.2) is 30.3 Å². The molecule has 0 spiro atoms. The van der Waals surface area contributed by atoms with Crippen molar-refractivity contribution < 1.29 is 4.39 Å². The first-order valence-electron chi connectivity index (χ1n) is 6.64. The van der Waals surface area contributed by atoms with Gasteiger partial charge in [0, 0.05) is 18.2 Å². The molecule has 1 heterocycles. The molecule has 20 heavy (non-hydrogen) atoms. The molecule has 0 saturated heterocycles. The molecule has 0 fully saturated rings. The Hall–Kier alpha value is -2.01. The number of nitrogens with two attached hydrogens (primary N) is 1. The van der Waals surface area contributed by atoms with Gasteiger partial charge in [0.1, 0.15) is 17.5 Å². The van der Waals surface area contributed by atoms with E-state index in [4.69, 9.17) is 5.84 Å². The topological polar surface area (TPSA) is 63.8 Å². The van der Waals surface area contributed by atoms with Gasteiger partial charge in [-0.1, -0.05) is 26.0 Å². The Morgan fingerprint density at radius 3 is 2.50 bits per heavy atom. The number of nitrogen functional groups attached to an aromatic ring is 1. The van der Waals surface area contributed by atoms with Crippen LogP contribution in [0.25, 0.3) is 0 Å². The Kier molecular flexibility index (Phi) is 4.63. The number of halogens is 1. The molecule has 106 valence electrons. The summed E-state index contributed by atoms with van der Waals surface area (Å²) in [6.07, 6.45) is 1.43. The van der Waals surface area contributed by atoms with E-state index in [-0.39, 0.29) is 5.82 Å². The fourth-order valence-electron chi connectivity index (χ4n) is 2.01. The van der Waals surface area contributed by atoms with Crippen LogP contribution in [0.5, 0.6) is 0 Å². The van der Waals surface area contributed by atoms with E-state index in [0.29, 0.717) is 24.0 Å². The largest absolute Gasteiger partial charge is 0.308 e. The van der Waals surface area contributed by atoms with Crippen molar-refractivity contribution in [3.8, 4) is 0 Å². The molecular weight excluding hydrogens is 255 g/mol. The highest BCUT2D eigenvalue weighted by molar-refractivity contribution is 5.35. The van der Waals surface area contributed by atoms with Gasteiger partial charge in [-0.3, -0.25) is 0 Å². The van der Waals surface area contributed by atoms with E-state index < -0.39 is 0 Å². The predicted octanol–water partition coefficient (Wildman–Crippen LogP) is 2.69. The SMILES string of the molecule is CC(C)Cc1cc(NN)nc(Cc2ccc(F)cc2)n1. The molecule has 0 aliphatic carbocycles. The number of anilines is 1. The number of aromatic nitrogens is 2. The lowest BCUT2D eigenvalue weighted by atomic mass is 10.1. The molecule has 1 aromatic carbocycles. The molecule has 0 radical (unpaired) electrons. The third kappa shape index (κ3) is 3.99. The van der Waals surface area contributed by atoms with Crippen molar-refractivity contribution in [3.05, 3.63) is 53.2 Å². The summed E-state index contributed by atoms with van der Waals surface area (Å²) in [5.41, 5.74) is 4.49. The second-order valence-corrected chi connectivity index (χ2v) is 5.21. The Bertz CT molecular complexity index is 567. The van der Waals surface area contributed by atoms with Gasteiger partial charge in [-0.25, -0.2) is 20.2 Å². The van der Waals surface area contributed by atoms with Crippen LogP contribution in [0.3, 0.4) is 0 Å². The summed E-state index contributed by atoms with van der Waals surface area (Å²) in [7, 11) is 0. The molecule has 0 atom stereocenters. The molecule has 1 aromatic heterocycles. The maximum absolute atomic E-state index is 12.9. The third-order valence-corrected chi connectivity index (χ3v) is 2.87. The lowest BCUT2D eigenvalue weighted by molar-refractivity contribution is 0.626. The first-order valence-corrected chi connectivity index (χ1v) is 6.64. The number of rotatable bonds is 5. The van der Waals surface area contributed by atoms with Gasteiger partial charge in [0.15, 0.2) is 0 Å². The average Bonchev–Trinajstić information content (AvgIpc) is 2.40. The molecule has 3 N–H and O–H groups in total. The van der Waals surface area contributed by atoms with Crippen LogP contribution < -0.4 is 11.3 Å². The fraction of sp³-hybridized carbons (Fsp3) is 0.333. The van der Waals surface area contributed by atoms with Crippen molar-refractivity contribution in [2.24, 2.45) is 11.8 Å². The number of hydrogen-bond donors (Lipinski definition) is 2. The van der Waals surface area contributed by atoms with E-state index >= 15 is 0 Å². The van der Waals surface area contributed by atoms with Gasteiger partial charge in [0.25, 0.3) is 0 Å². The van der Waals surface area contributed by atoms with Crippen LogP contribution in [-0.4, -0.2) is 9.97 Å². The van der Waals surface area contributed by atoms with E-state index in [0.717, 1.165) is 17.7 Å². The lowest BCUT2D eigenvalue weighted by Gasteiger charge is -2.09. The van der Waals surface area contributed by atoms with Crippen molar-refractivity contribution in [2.75, 3.05) is 5.43 Å². The maximum Gasteiger partial charge on any atom is 0.143 e. The molecule has 5 heteroatoms. The van der Waals surface area contributed by atoms with Crippen LogP contribution in [0.1, 0.15) is 30.9 Å². The van der Waals surface area contributed by atoms with Crippen molar-refractivity contribution in [1.82, 2.24) is 9.97 Å². The van der Waals surface area contributed by atoms with Crippen molar-refractivity contribution in [1.29, 1.82) is 0 Å². The summed E-state index contributed by atoms with van der Waals surface area (Å²) in [5, 5.41) is 0. The minimum Gasteiger partial charge on any atom is -0.308 e. The molecule has 2 rings (SSSR count). The van der Waals surface area contributed by atoms with Crippen LogP contribution in [-0.2, 0) is 12.8 Å². The highest BCUT2D eigenvalue weighted by Crippen LogP contribution is 2.13. The summed E-state index contributed by atoms with van der Waals surface area (Å²) in [6.45, 7) is 4.27. The second-order valence-electron chi connectivity index (χ2n) is 5.21. The summed E-state index contributed by atoms with van der Waals surface area (Å²) in [4.78, 5) is 8.87. The average molecular weight is 274 g/mol. The molecule has 4 nitrogen and oxygen atoms in total. The van der Waals surface area contributed by atoms with Gasteiger partial charge in [-0.15, -0.1) is 0 Å². The maximum atomic E-state index is 12.9. The zero-order valence-electron chi connectivity index (χ0n) is 11.7. The highest BCUT2D eigenvalue weighted by Gasteiger charge is 2.07. The summed E-state index contributed by atoms with van der Waals surface area (Å²) >= 11 is 0. The van der Waals surface area contributed by atoms with Crippen LogP contribution in [0, 0.1) is 11.7 Å². The van der Waals surface area contributed by atoms with Gasteiger partial charge < -0.3 is 5.43 Å². The number of nitrogens with one attached hydrogen (secondary N) is 1. The molecule has 2 aromatic rings. The minimum atomic E-state index is -0.243. The molecule has 0 bridgehead atoms. The summed E-state index contributed by atoms with van der Waals surface area (Å²) < 4.78 is 12.9. The molecule has 0 aliphatic rings. The van der Waals surface area contributed by atoms with Gasteiger partial charge in [-0.05, 0) is 30.0 Å². The van der Waals surface area contributed by atoms with Crippen LogP contribution in [0.4, 0.5) is 10.2 Å². The Morgan fingerprint density at radius 2 is 1.90 bits per heavy atom. The first-order chi connectivity index (χ1) is 9.56. The molecule has 0 saturated carbocycles. The predicted molar refractivity (Wildman–Crippen MR) is 77.6 cm³/mol. The molecule has 0 amide bonds. The third-order valence-electron chi connectivity index (χ3n) is 2.87. The monoisotopic (exact) mass is 274 g/mol. The Balaban J connectivity index is 2.23. The summed E-state index contributed by atoms with van der Waals surface area (Å²) in [6, 6.07) is 8.21. The molecule has 0 unspecified atom stereocenters. The zero-order valence-corrected chi connectivity index (χ0v) is 11.7. The minimum absolute atomic E-state index is 0.243. The molecule has 0 aliphatic heterocycles. The smallest absolute Gasteiger partial charge is 0.143 e. The van der Waals surface area contributed by atoms with Gasteiger partial charge in [0.05, 0.1) is 0 Å². The Morgan fingerprint density at radius 1 is 1.20 bits per heavy atom. The Labute approximate surface area is 118 Å². The van der Waals surface area contributed by atoms with E-state index in [1.54, 1.807) is 12.1 Å². The fourth-order valence-corrected chi connectivity index (χ4v) is 2.01. The first kappa shape index (κ1) is 14.4. The number of nitrogens with zero attached hydrogens (tertiary/aromatic N) is 2. The van der Waals surface area contributed by atoms with Crippen LogP contribution in [0.2, 0.25) is 0 Å². The quantitative estimate of drug-likeness (QED) is 0.650. The number of hydrazine groups is 1. The van der Waals surface area contributed by atoms with E-state index in [1.165, 1.54) is 12.1 Å². The van der Waals surface area contributed by atoms with E-state index in [1.807, 2.05) is 6.07 Å². The number of hydrogen-bond acceptors (Lipinski definition) is 4. The highest BCUT2D eigenvalue weighted by atomic mass is 19.1. The van der Waals surface area contributed by atoms with Crippen molar-refractivity contribution >= 4 is 5.82 Å². The van der Waals surface area contributed by atoms with E-state index in [2.05, 4.69) is 29.2 Å². The standard InChI is InChI=1S/C15H19FN4/c1-10(2)7-13-9-15(20-17)19-14(18-13)8-11-3-5-12(16)6-4-11/h3-6,9-10H,7-8,17H2,1-2H3,(H,18,19,20). The van der Waals surface area contributed by atoms with Crippen molar-refractivity contribution in [3.63, 3.8) is 0 Å². The summed E-state index contributed by atoms with van der Waals surface area (Å²) in [5.74, 6) is 6.99. The van der Waals surface area contributed by atoms with Gasteiger partial charge in [-0.2, -0.15) is 0 Å². The van der Waals surface area contributed by atoms with Crippen molar-refractivity contribution in [2.45, 2.75) is 26.7 Å². The lowest BCUT2D eigenvalue weighted by Crippen LogP contribution is -2.12. The van der Waals surface area contributed by atoms with Crippen LogP contribution >= 0.6 is 0 Å². The number of benzene rings is 1. The zero-order chi connectivity index (χ0) is 14.5.